The fourth-order valence-corrected chi connectivity index (χ4v) is 1.57. The van der Waals surface area contributed by atoms with E-state index in [9.17, 15) is 18.0 Å². The first-order valence-electron chi connectivity index (χ1n) is 5.34. The lowest BCUT2D eigenvalue weighted by atomic mass is 10.0. The van der Waals surface area contributed by atoms with E-state index in [1.165, 1.54) is 0 Å². The molecule has 17 heavy (non-hydrogen) atoms. The number of rotatable bonds is 1. The molecule has 2 N–H and O–H groups in total. The fraction of sp³-hybridized carbons (Fsp3) is 0.900. The summed E-state index contributed by atoms with van der Waals surface area (Å²) in [6, 6.07) is 0. The van der Waals surface area contributed by atoms with Gasteiger partial charge in [-0.3, -0.25) is 0 Å². The topological polar surface area (TPSA) is 50.4 Å². The third kappa shape index (κ3) is 3.49. The van der Waals surface area contributed by atoms with E-state index in [0.717, 1.165) is 0 Å². The van der Waals surface area contributed by atoms with Crippen LogP contribution in [0, 0.1) is 0 Å². The maximum Gasteiger partial charge on any atom is 0.429 e. The highest BCUT2D eigenvalue weighted by Gasteiger charge is 2.59. The molecule has 0 saturated carbocycles. The van der Waals surface area contributed by atoms with E-state index in [4.69, 9.17) is 0 Å². The number of ether oxygens (including phenoxy) is 1. The van der Waals surface area contributed by atoms with Gasteiger partial charge in [-0.2, -0.15) is 13.2 Å². The third-order valence-corrected chi connectivity index (χ3v) is 2.40. The zero-order valence-corrected chi connectivity index (χ0v) is 10.1. The molecule has 0 aromatic heterocycles. The largest absolute Gasteiger partial charge is 0.432 e. The SMILES string of the molecule is CC(C)(C)NC(=O)OC1(C(F)(F)F)CCNC1. The second kappa shape index (κ2) is 4.36. The van der Waals surface area contributed by atoms with Gasteiger partial charge in [-0.25, -0.2) is 4.79 Å². The first kappa shape index (κ1) is 14.1. The lowest BCUT2D eigenvalue weighted by Crippen LogP contribution is -2.54. The summed E-state index contributed by atoms with van der Waals surface area (Å²) in [4.78, 5) is 11.4. The van der Waals surface area contributed by atoms with Gasteiger partial charge < -0.3 is 15.4 Å². The Morgan fingerprint density at radius 1 is 1.35 bits per heavy atom. The Kier molecular flexibility index (Phi) is 3.61. The maximum absolute atomic E-state index is 12.9. The quantitative estimate of drug-likeness (QED) is 0.750. The average molecular weight is 254 g/mol. The fourth-order valence-electron chi connectivity index (χ4n) is 1.57. The van der Waals surface area contributed by atoms with Crippen LogP contribution in [0.3, 0.4) is 0 Å². The predicted molar refractivity (Wildman–Crippen MR) is 55.6 cm³/mol. The van der Waals surface area contributed by atoms with E-state index in [-0.39, 0.29) is 13.0 Å². The molecule has 1 atom stereocenters. The summed E-state index contributed by atoms with van der Waals surface area (Å²) in [5, 5.41) is 4.92. The Labute approximate surface area is 97.9 Å². The molecule has 4 nitrogen and oxygen atoms in total. The van der Waals surface area contributed by atoms with Gasteiger partial charge in [-0.15, -0.1) is 0 Å². The van der Waals surface area contributed by atoms with E-state index >= 15 is 0 Å². The molecule has 100 valence electrons. The van der Waals surface area contributed by atoms with E-state index in [0.29, 0.717) is 0 Å². The van der Waals surface area contributed by atoms with Crippen molar-refractivity contribution in [3.05, 3.63) is 0 Å². The average Bonchev–Trinajstić information content (AvgIpc) is 2.48. The van der Waals surface area contributed by atoms with Gasteiger partial charge in [0.05, 0.1) is 0 Å². The number of alkyl carbamates (subject to hydrolysis) is 1. The molecule has 1 aliphatic rings. The zero-order valence-electron chi connectivity index (χ0n) is 10.1. The lowest BCUT2D eigenvalue weighted by Gasteiger charge is -2.32. The van der Waals surface area contributed by atoms with Crippen LogP contribution < -0.4 is 10.6 Å². The molecule has 1 fully saturated rings. The van der Waals surface area contributed by atoms with Crippen LogP contribution in [-0.4, -0.2) is 36.5 Å². The van der Waals surface area contributed by atoms with Crippen LogP contribution in [0.4, 0.5) is 18.0 Å². The number of hydrogen-bond donors (Lipinski definition) is 2. The number of nitrogens with one attached hydrogen (secondary N) is 2. The summed E-state index contributed by atoms with van der Waals surface area (Å²) in [6.45, 7) is 4.79. The molecule has 1 rings (SSSR count). The Morgan fingerprint density at radius 3 is 2.29 bits per heavy atom. The van der Waals surface area contributed by atoms with Crippen LogP contribution >= 0.6 is 0 Å². The highest BCUT2D eigenvalue weighted by atomic mass is 19.4. The molecule has 0 aliphatic carbocycles. The summed E-state index contributed by atoms with van der Waals surface area (Å²) < 4.78 is 43.2. The van der Waals surface area contributed by atoms with Crippen LogP contribution in [0.25, 0.3) is 0 Å². The normalized spacial score (nSPS) is 25.8. The minimum absolute atomic E-state index is 0.183. The highest BCUT2D eigenvalue weighted by Crippen LogP contribution is 2.38. The van der Waals surface area contributed by atoms with E-state index < -0.39 is 30.0 Å². The minimum atomic E-state index is -4.56. The Hall–Kier alpha value is -0.980. The highest BCUT2D eigenvalue weighted by molar-refractivity contribution is 5.68. The molecular formula is C10H17F3N2O2. The van der Waals surface area contributed by atoms with E-state index in [2.05, 4.69) is 15.4 Å². The van der Waals surface area contributed by atoms with Gasteiger partial charge >= 0.3 is 12.3 Å². The second-order valence-corrected chi connectivity index (χ2v) is 5.18. The molecule has 1 amide bonds. The van der Waals surface area contributed by atoms with Gasteiger partial charge in [-0.1, -0.05) is 0 Å². The van der Waals surface area contributed by atoms with Crippen LogP contribution in [-0.2, 0) is 4.74 Å². The maximum atomic E-state index is 12.9. The van der Waals surface area contributed by atoms with Crippen molar-refractivity contribution < 1.29 is 22.7 Å². The Balaban J connectivity index is 2.72. The first-order chi connectivity index (χ1) is 7.56. The molecular weight excluding hydrogens is 237 g/mol. The molecule has 0 aromatic rings. The molecule has 1 saturated heterocycles. The van der Waals surface area contributed by atoms with Crippen LogP contribution in [0.15, 0.2) is 0 Å². The van der Waals surface area contributed by atoms with E-state index in [1.807, 2.05) is 0 Å². The number of hydrogen-bond acceptors (Lipinski definition) is 3. The van der Waals surface area contributed by atoms with Gasteiger partial charge in [0.25, 0.3) is 0 Å². The summed E-state index contributed by atoms with van der Waals surface area (Å²) >= 11 is 0. The molecule has 1 aliphatic heterocycles. The van der Waals surface area contributed by atoms with Crippen molar-refractivity contribution in [2.45, 2.75) is 44.5 Å². The van der Waals surface area contributed by atoms with Gasteiger partial charge in [-0.05, 0) is 27.3 Å². The number of carbonyl (C=O) groups excluding carboxylic acids is 1. The second-order valence-electron chi connectivity index (χ2n) is 5.18. The number of amides is 1. The minimum Gasteiger partial charge on any atom is -0.432 e. The number of halogens is 3. The summed E-state index contributed by atoms with van der Waals surface area (Å²) in [5.74, 6) is 0. The Morgan fingerprint density at radius 2 is 1.94 bits per heavy atom. The molecule has 7 heteroatoms. The lowest BCUT2D eigenvalue weighted by molar-refractivity contribution is -0.250. The van der Waals surface area contributed by atoms with Crippen LogP contribution in [0.1, 0.15) is 27.2 Å². The van der Waals surface area contributed by atoms with Crippen molar-refractivity contribution in [2.75, 3.05) is 13.1 Å². The van der Waals surface area contributed by atoms with Crippen molar-refractivity contribution in [1.29, 1.82) is 0 Å². The van der Waals surface area contributed by atoms with Crippen molar-refractivity contribution >= 4 is 6.09 Å². The molecule has 0 aromatic carbocycles. The van der Waals surface area contributed by atoms with Crippen LogP contribution in [0.2, 0.25) is 0 Å². The Bertz CT molecular complexity index is 291. The molecule has 1 unspecified atom stereocenters. The summed E-state index contributed by atoms with van der Waals surface area (Å²) in [7, 11) is 0. The molecule has 0 spiro atoms. The van der Waals surface area contributed by atoms with Gasteiger partial charge in [0.1, 0.15) is 0 Å². The summed E-state index contributed by atoms with van der Waals surface area (Å²) in [6.07, 6.45) is -5.86. The first-order valence-corrected chi connectivity index (χ1v) is 5.34. The molecule has 1 heterocycles. The van der Waals surface area contributed by atoms with Crippen molar-refractivity contribution in [2.24, 2.45) is 0 Å². The molecule has 0 bridgehead atoms. The van der Waals surface area contributed by atoms with Gasteiger partial charge in [0, 0.05) is 18.5 Å². The van der Waals surface area contributed by atoms with Crippen molar-refractivity contribution in [3.63, 3.8) is 0 Å². The molecule has 0 radical (unpaired) electrons. The third-order valence-electron chi connectivity index (χ3n) is 2.40. The smallest absolute Gasteiger partial charge is 0.429 e. The predicted octanol–water partition coefficient (Wildman–Crippen LogP) is 1.81. The van der Waals surface area contributed by atoms with Gasteiger partial charge in [0.2, 0.25) is 5.60 Å². The van der Waals surface area contributed by atoms with Crippen molar-refractivity contribution in [3.8, 4) is 0 Å². The van der Waals surface area contributed by atoms with Gasteiger partial charge in [0.15, 0.2) is 0 Å². The number of alkyl halides is 3. The van der Waals surface area contributed by atoms with Crippen molar-refractivity contribution in [1.82, 2.24) is 10.6 Å². The van der Waals surface area contributed by atoms with Crippen LogP contribution in [0.5, 0.6) is 0 Å². The zero-order chi connectivity index (χ0) is 13.3. The summed E-state index contributed by atoms with van der Waals surface area (Å²) in [5.41, 5.74) is -3.03. The monoisotopic (exact) mass is 254 g/mol. The number of carbonyl (C=O) groups is 1. The standard InChI is InChI=1S/C10H17F3N2O2/c1-8(2,3)15-7(16)17-9(10(11,12)13)4-5-14-6-9/h14H,4-6H2,1-3H3,(H,15,16). The van der Waals surface area contributed by atoms with E-state index in [1.54, 1.807) is 20.8 Å².